The molecule has 2 amide bonds. The highest BCUT2D eigenvalue weighted by Crippen LogP contribution is 2.17. The summed E-state index contributed by atoms with van der Waals surface area (Å²) in [6, 6.07) is 0. The Morgan fingerprint density at radius 3 is 2.89 bits per heavy atom. The van der Waals surface area contributed by atoms with Gasteiger partial charge in [-0.1, -0.05) is 0 Å². The molecule has 0 aliphatic carbocycles. The van der Waals surface area contributed by atoms with Crippen LogP contribution in [0, 0.1) is 5.92 Å². The predicted octanol–water partition coefficient (Wildman–Crippen LogP) is -0.776. The van der Waals surface area contributed by atoms with E-state index in [2.05, 4.69) is 5.32 Å². The molecule has 1 heterocycles. The first kappa shape index (κ1) is 15.8. The molecule has 0 aromatic carbocycles. The number of hydrogen-bond donors (Lipinski definition) is 2. The Labute approximate surface area is 109 Å². The van der Waals surface area contributed by atoms with Crippen LogP contribution in [-0.4, -0.2) is 67.7 Å². The first-order chi connectivity index (χ1) is 8.95. The molecule has 1 aliphatic rings. The maximum Gasteiger partial charge on any atom is 0.265 e. The molecule has 1 aliphatic heterocycles. The molecule has 110 valence electrons. The summed E-state index contributed by atoms with van der Waals surface area (Å²) in [7, 11) is 1.51. The van der Waals surface area contributed by atoms with Gasteiger partial charge in [-0.25, -0.2) is 8.78 Å². The van der Waals surface area contributed by atoms with Gasteiger partial charge in [0.2, 0.25) is 11.8 Å². The highest BCUT2D eigenvalue weighted by Gasteiger charge is 2.34. The quantitative estimate of drug-likeness (QED) is 0.641. The summed E-state index contributed by atoms with van der Waals surface area (Å²) in [5, 5.41) is 11.1. The zero-order valence-corrected chi connectivity index (χ0v) is 10.6. The number of alkyl halides is 2. The minimum Gasteiger partial charge on any atom is -0.385 e. The molecule has 2 unspecified atom stereocenters. The van der Waals surface area contributed by atoms with Crippen molar-refractivity contribution in [3.63, 3.8) is 0 Å². The van der Waals surface area contributed by atoms with Gasteiger partial charge in [-0.15, -0.1) is 0 Å². The van der Waals surface area contributed by atoms with E-state index < -0.39 is 30.9 Å². The number of nitrogens with zero attached hydrogens (tertiary/aromatic N) is 1. The third-order valence-corrected chi connectivity index (χ3v) is 2.93. The summed E-state index contributed by atoms with van der Waals surface area (Å²) in [5.74, 6) is -1.21. The number of nitrogens with one attached hydrogen (secondary N) is 1. The number of methoxy groups -OCH3 is 1. The zero-order chi connectivity index (χ0) is 14.4. The van der Waals surface area contributed by atoms with Crippen LogP contribution in [0.2, 0.25) is 0 Å². The average molecular weight is 280 g/mol. The van der Waals surface area contributed by atoms with Crippen LogP contribution >= 0.6 is 0 Å². The van der Waals surface area contributed by atoms with E-state index >= 15 is 0 Å². The molecule has 0 aromatic heterocycles. The number of likely N-dealkylation sites (tertiary alicyclic amines) is 1. The van der Waals surface area contributed by atoms with Gasteiger partial charge in [0.1, 0.15) is 6.10 Å². The number of ether oxygens (including phenoxy) is 1. The van der Waals surface area contributed by atoms with E-state index in [0.717, 1.165) is 0 Å². The van der Waals surface area contributed by atoms with Crippen molar-refractivity contribution in [3.05, 3.63) is 0 Å². The largest absolute Gasteiger partial charge is 0.385 e. The smallest absolute Gasteiger partial charge is 0.265 e. The highest BCUT2D eigenvalue weighted by atomic mass is 19.3. The highest BCUT2D eigenvalue weighted by molar-refractivity contribution is 5.89. The van der Waals surface area contributed by atoms with Gasteiger partial charge in [0, 0.05) is 33.2 Å². The molecule has 0 bridgehead atoms. The third-order valence-electron chi connectivity index (χ3n) is 2.93. The van der Waals surface area contributed by atoms with Crippen molar-refractivity contribution >= 4 is 11.8 Å². The van der Waals surface area contributed by atoms with Gasteiger partial charge in [0.15, 0.2) is 0 Å². The van der Waals surface area contributed by atoms with Gasteiger partial charge < -0.3 is 20.1 Å². The van der Waals surface area contributed by atoms with Crippen LogP contribution in [0.3, 0.4) is 0 Å². The van der Waals surface area contributed by atoms with E-state index in [1.807, 2.05) is 0 Å². The monoisotopic (exact) mass is 280 g/mol. The number of carbonyl (C=O) groups is 2. The van der Waals surface area contributed by atoms with Crippen molar-refractivity contribution in [3.8, 4) is 0 Å². The van der Waals surface area contributed by atoms with Crippen LogP contribution in [0.4, 0.5) is 8.78 Å². The lowest BCUT2D eigenvalue weighted by molar-refractivity contribution is -0.129. The first-order valence-electron chi connectivity index (χ1n) is 5.96. The van der Waals surface area contributed by atoms with Gasteiger partial charge >= 0.3 is 0 Å². The fourth-order valence-electron chi connectivity index (χ4n) is 1.80. The van der Waals surface area contributed by atoms with Crippen LogP contribution in [0.1, 0.15) is 6.42 Å². The number of amides is 2. The van der Waals surface area contributed by atoms with Gasteiger partial charge in [0.25, 0.3) is 6.43 Å². The van der Waals surface area contributed by atoms with Crippen LogP contribution in [0.15, 0.2) is 0 Å². The standard InChI is InChI=1S/C11H18F2N2O4/c1-19-3-2-15-6-7(4-9(15)17)11(18)14-5-8(16)10(12)13/h7-8,10,16H,2-6H2,1H3,(H,14,18). The lowest BCUT2D eigenvalue weighted by Gasteiger charge is -2.16. The second-order valence-corrected chi connectivity index (χ2v) is 4.38. The fourth-order valence-corrected chi connectivity index (χ4v) is 1.80. The number of carbonyl (C=O) groups excluding carboxylic acids is 2. The van der Waals surface area contributed by atoms with Gasteiger partial charge in [0.05, 0.1) is 12.5 Å². The summed E-state index contributed by atoms with van der Waals surface area (Å²) in [4.78, 5) is 24.7. The van der Waals surface area contributed by atoms with Crippen molar-refractivity contribution in [1.82, 2.24) is 10.2 Å². The van der Waals surface area contributed by atoms with Crippen LogP contribution in [0.5, 0.6) is 0 Å². The Kier molecular flexibility index (Phi) is 6.10. The SMILES string of the molecule is COCCN1CC(C(=O)NCC(O)C(F)F)CC1=O. The van der Waals surface area contributed by atoms with E-state index in [4.69, 9.17) is 9.84 Å². The lowest BCUT2D eigenvalue weighted by Crippen LogP contribution is -2.40. The number of aliphatic hydroxyl groups excluding tert-OH is 1. The topological polar surface area (TPSA) is 78.9 Å². The van der Waals surface area contributed by atoms with E-state index in [0.29, 0.717) is 13.2 Å². The molecule has 0 saturated carbocycles. The molecule has 0 radical (unpaired) electrons. The summed E-state index contributed by atoms with van der Waals surface area (Å²) in [6.45, 7) is 0.515. The molecule has 2 N–H and O–H groups in total. The fraction of sp³-hybridized carbons (Fsp3) is 0.818. The Bertz CT molecular complexity index is 328. The van der Waals surface area contributed by atoms with Gasteiger partial charge in [-0.2, -0.15) is 0 Å². The molecule has 8 heteroatoms. The Hall–Kier alpha value is -1.28. The molecular weight excluding hydrogens is 262 g/mol. The van der Waals surface area contributed by atoms with E-state index in [1.165, 1.54) is 12.0 Å². The molecule has 0 aromatic rings. The molecule has 2 atom stereocenters. The molecular formula is C11H18F2N2O4. The zero-order valence-electron chi connectivity index (χ0n) is 10.6. The van der Waals surface area contributed by atoms with Gasteiger partial charge in [-0.05, 0) is 0 Å². The summed E-state index contributed by atoms with van der Waals surface area (Å²) in [6.07, 6.45) is -4.73. The van der Waals surface area contributed by atoms with Gasteiger partial charge in [-0.3, -0.25) is 9.59 Å². The minimum atomic E-state index is -2.90. The molecule has 1 fully saturated rings. The Morgan fingerprint density at radius 1 is 1.63 bits per heavy atom. The van der Waals surface area contributed by atoms with Crippen molar-refractivity contribution in [2.24, 2.45) is 5.92 Å². The number of aliphatic hydroxyl groups is 1. The Morgan fingerprint density at radius 2 is 2.32 bits per heavy atom. The van der Waals surface area contributed by atoms with Crippen molar-refractivity contribution < 1.29 is 28.2 Å². The maximum absolute atomic E-state index is 12.0. The molecule has 1 rings (SSSR count). The predicted molar refractivity (Wildman–Crippen MR) is 61.6 cm³/mol. The number of hydrogen-bond acceptors (Lipinski definition) is 4. The van der Waals surface area contributed by atoms with Crippen LogP contribution in [0.25, 0.3) is 0 Å². The summed E-state index contributed by atoms with van der Waals surface area (Å²) >= 11 is 0. The summed E-state index contributed by atoms with van der Waals surface area (Å²) in [5.41, 5.74) is 0. The van der Waals surface area contributed by atoms with Crippen molar-refractivity contribution in [2.75, 3.05) is 33.4 Å². The maximum atomic E-state index is 12.0. The van der Waals surface area contributed by atoms with Crippen LogP contribution in [-0.2, 0) is 14.3 Å². The minimum absolute atomic E-state index is 0.0559. The molecule has 6 nitrogen and oxygen atoms in total. The van der Waals surface area contributed by atoms with Crippen molar-refractivity contribution in [2.45, 2.75) is 19.0 Å². The normalized spacial score (nSPS) is 21.0. The Balaban J connectivity index is 2.36. The molecule has 1 saturated heterocycles. The van der Waals surface area contributed by atoms with E-state index in [9.17, 15) is 18.4 Å². The van der Waals surface area contributed by atoms with Crippen molar-refractivity contribution in [1.29, 1.82) is 0 Å². The third kappa shape index (κ3) is 4.71. The molecule has 19 heavy (non-hydrogen) atoms. The molecule has 0 spiro atoms. The average Bonchev–Trinajstić information content (AvgIpc) is 2.74. The van der Waals surface area contributed by atoms with E-state index in [-0.39, 0.29) is 18.9 Å². The first-order valence-corrected chi connectivity index (χ1v) is 5.96. The second kappa shape index (κ2) is 7.34. The summed E-state index contributed by atoms with van der Waals surface area (Å²) < 4.78 is 28.9. The number of rotatable bonds is 7. The van der Waals surface area contributed by atoms with Crippen LogP contribution < -0.4 is 5.32 Å². The van der Waals surface area contributed by atoms with E-state index in [1.54, 1.807) is 0 Å². The second-order valence-electron chi connectivity index (χ2n) is 4.38. The lowest BCUT2D eigenvalue weighted by atomic mass is 10.1. The number of halogens is 2.